The molecular formula is C30H48O3. The summed E-state index contributed by atoms with van der Waals surface area (Å²) in [5, 5.41) is 20.5. The highest BCUT2D eigenvalue weighted by molar-refractivity contribution is 5.86. The maximum atomic E-state index is 12.8. The van der Waals surface area contributed by atoms with Crippen molar-refractivity contribution in [2.24, 2.45) is 39.4 Å². The van der Waals surface area contributed by atoms with E-state index in [0.29, 0.717) is 36.4 Å². The third-order valence-corrected chi connectivity index (χ3v) is 11.5. The van der Waals surface area contributed by atoms with Crippen LogP contribution in [0.5, 0.6) is 0 Å². The largest absolute Gasteiger partial charge is 0.390 e. The van der Waals surface area contributed by atoms with Crippen molar-refractivity contribution in [1.82, 2.24) is 0 Å². The lowest BCUT2D eigenvalue weighted by Crippen LogP contribution is -2.53. The summed E-state index contributed by atoms with van der Waals surface area (Å²) in [5.74, 6) is 1.97. The molecular weight excluding hydrogens is 408 g/mol. The van der Waals surface area contributed by atoms with Gasteiger partial charge >= 0.3 is 0 Å². The van der Waals surface area contributed by atoms with Gasteiger partial charge < -0.3 is 10.2 Å². The van der Waals surface area contributed by atoms with Crippen LogP contribution in [0.15, 0.2) is 23.3 Å². The van der Waals surface area contributed by atoms with Crippen LogP contribution in [-0.4, -0.2) is 27.7 Å². The summed E-state index contributed by atoms with van der Waals surface area (Å²) >= 11 is 0. The lowest BCUT2D eigenvalue weighted by atomic mass is 9.44. The molecule has 0 bridgehead atoms. The number of ketones is 1. The van der Waals surface area contributed by atoms with Crippen LogP contribution in [0.25, 0.3) is 0 Å². The van der Waals surface area contributed by atoms with Gasteiger partial charge in [0.2, 0.25) is 0 Å². The van der Waals surface area contributed by atoms with E-state index < -0.39 is 11.7 Å². The van der Waals surface area contributed by atoms with E-state index in [1.165, 1.54) is 12.8 Å². The maximum absolute atomic E-state index is 12.8. The number of carbonyl (C=O) groups is 1. The fourth-order valence-electron chi connectivity index (χ4n) is 8.73. The van der Waals surface area contributed by atoms with Gasteiger partial charge in [0.15, 0.2) is 0 Å². The van der Waals surface area contributed by atoms with Gasteiger partial charge in [-0.05, 0) is 104 Å². The minimum absolute atomic E-state index is 0.104. The number of allylic oxidation sites excluding steroid dienone is 4. The number of hydrogen-bond acceptors (Lipinski definition) is 3. The fraction of sp³-hybridized carbons (Fsp3) is 0.833. The van der Waals surface area contributed by atoms with E-state index in [1.54, 1.807) is 25.0 Å². The van der Waals surface area contributed by atoms with E-state index >= 15 is 0 Å². The van der Waals surface area contributed by atoms with Crippen molar-refractivity contribution in [1.29, 1.82) is 0 Å². The lowest BCUT2D eigenvalue weighted by Gasteiger charge is -2.59. The van der Waals surface area contributed by atoms with Crippen LogP contribution in [0.2, 0.25) is 0 Å². The van der Waals surface area contributed by atoms with E-state index in [1.807, 2.05) is 0 Å². The van der Waals surface area contributed by atoms with Crippen molar-refractivity contribution in [2.45, 2.75) is 118 Å². The van der Waals surface area contributed by atoms with Gasteiger partial charge in [-0.15, -0.1) is 0 Å². The molecule has 7 atom stereocenters. The number of carbonyl (C=O) groups excluding carboxylic acids is 1. The Morgan fingerprint density at radius 2 is 1.73 bits per heavy atom. The fourth-order valence-corrected chi connectivity index (χ4v) is 8.73. The predicted molar refractivity (Wildman–Crippen MR) is 135 cm³/mol. The summed E-state index contributed by atoms with van der Waals surface area (Å²) < 4.78 is 0. The standard InChI is InChI=1S/C30H48O3/c1-19(9-12-25(32)27(4,5)33)20-13-17-30(8)22-10-11-23-26(2,3)24(31)15-16-28(23,6)21(22)14-18-29(20,30)7/h10,14,19-20,23,25,32-33H,9,11-13,15-18H2,1-8H3/t19-,20-,23?,25+,28-,29-,30+/m0/s1. The van der Waals surface area contributed by atoms with Crippen LogP contribution in [0.4, 0.5) is 0 Å². The Kier molecular flexibility index (Phi) is 5.94. The highest BCUT2D eigenvalue weighted by atomic mass is 16.3. The molecule has 4 aliphatic rings. The normalized spacial score (nSPS) is 41.9. The molecule has 0 aromatic carbocycles. The predicted octanol–water partition coefficient (Wildman–Crippen LogP) is 6.63. The van der Waals surface area contributed by atoms with Crippen molar-refractivity contribution in [3.63, 3.8) is 0 Å². The zero-order chi connectivity index (χ0) is 24.6. The Morgan fingerprint density at radius 3 is 2.36 bits per heavy atom. The second kappa shape index (κ2) is 7.79. The minimum Gasteiger partial charge on any atom is -0.390 e. The average molecular weight is 457 g/mol. The average Bonchev–Trinajstić information content (AvgIpc) is 3.00. The van der Waals surface area contributed by atoms with Gasteiger partial charge in [0, 0.05) is 11.8 Å². The van der Waals surface area contributed by atoms with E-state index in [-0.39, 0.29) is 21.7 Å². The Hall–Kier alpha value is -0.930. The molecule has 2 N–H and O–H groups in total. The first kappa shape index (κ1) is 25.2. The molecule has 0 heterocycles. The SMILES string of the molecule is C[C@@H](CC[C@@H](O)C(C)(C)O)[C@@H]1CC[C@]2(C)C3=CCC4C(C)(C)C(=O)CC[C@@]4(C)C3=CC[C@@]12C. The van der Waals surface area contributed by atoms with Gasteiger partial charge in [-0.2, -0.15) is 0 Å². The second-order valence-corrected chi connectivity index (χ2v) is 13.9. The summed E-state index contributed by atoms with van der Waals surface area (Å²) in [6, 6.07) is 0. The Morgan fingerprint density at radius 1 is 1.06 bits per heavy atom. The Balaban J connectivity index is 1.62. The molecule has 3 heteroatoms. The van der Waals surface area contributed by atoms with Crippen LogP contribution in [-0.2, 0) is 4.79 Å². The topological polar surface area (TPSA) is 57.5 Å². The van der Waals surface area contributed by atoms with Crippen molar-refractivity contribution in [2.75, 3.05) is 0 Å². The molecule has 0 aromatic rings. The summed E-state index contributed by atoms with van der Waals surface area (Å²) in [4.78, 5) is 12.8. The summed E-state index contributed by atoms with van der Waals surface area (Å²) in [6.07, 6.45) is 12.3. The van der Waals surface area contributed by atoms with Crippen molar-refractivity contribution < 1.29 is 15.0 Å². The van der Waals surface area contributed by atoms with Crippen LogP contribution < -0.4 is 0 Å². The van der Waals surface area contributed by atoms with Gasteiger partial charge in [-0.3, -0.25) is 4.79 Å². The van der Waals surface area contributed by atoms with Crippen LogP contribution in [0.1, 0.15) is 107 Å². The molecule has 3 nitrogen and oxygen atoms in total. The molecule has 1 unspecified atom stereocenters. The molecule has 4 rings (SSSR count). The van der Waals surface area contributed by atoms with E-state index in [2.05, 4.69) is 53.7 Å². The van der Waals surface area contributed by atoms with Gasteiger partial charge in [0.1, 0.15) is 5.78 Å². The van der Waals surface area contributed by atoms with Crippen LogP contribution in [0.3, 0.4) is 0 Å². The van der Waals surface area contributed by atoms with E-state index in [9.17, 15) is 15.0 Å². The van der Waals surface area contributed by atoms with Crippen LogP contribution >= 0.6 is 0 Å². The number of fused-ring (bicyclic) bond motifs is 5. The lowest BCUT2D eigenvalue weighted by molar-refractivity contribution is -0.138. The molecule has 186 valence electrons. The Labute approximate surface area is 202 Å². The van der Waals surface area contributed by atoms with E-state index in [0.717, 1.165) is 25.7 Å². The number of hydrogen-bond donors (Lipinski definition) is 2. The van der Waals surface area contributed by atoms with Gasteiger partial charge in [-0.1, -0.05) is 53.7 Å². The van der Waals surface area contributed by atoms with Crippen molar-refractivity contribution in [3.05, 3.63) is 23.3 Å². The van der Waals surface area contributed by atoms with Crippen molar-refractivity contribution in [3.8, 4) is 0 Å². The number of Topliss-reactive ketones (excluding diaryl/α,β-unsaturated/α-hetero) is 1. The van der Waals surface area contributed by atoms with Crippen molar-refractivity contribution >= 4 is 5.78 Å². The first-order valence-electron chi connectivity index (χ1n) is 13.4. The molecule has 0 saturated heterocycles. The molecule has 2 fully saturated rings. The van der Waals surface area contributed by atoms with Gasteiger partial charge in [0.25, 0.3) is 0 Å². The first-order chi connectivity index (χ1) is 15.1. The maximum Gasteiger partial charge on any atom is 0.138 e. The first-order valence-corrected chi connectivity index (χ1v) is 13.4. The second-order valence-electron chi connectivity index (χ2n) is 13.9. The summed E-state index contributed by atoms with van der Waals surface area (Å²) in [6.45, 7) is 17.6. The zero-order valence-corrected chi connectivity index (χ0v) is 22.4. The molecule has 33 heavy (non-hydrogen) atoms. The summed E-state index contributed by atoms with van der Waals surface area (Å²) in [7, 11) is 0. The minimum atomic E-state index is -1.04. The molecule has 0 spiro atoms. The molecule has 0 amide bonds. The molecule has 4 aliphatic carbocycles. The molecule has 2 saturated carbocycles. The molecule has 0 aromatic heterocycles. The smallest absolute Gasteiger partial charge is 0.138 e. The molecule has 0 radical (unpaired) electrons. The monoisotopic (exact) mass is 456 g/mol. The van der Waals surface area contributed by atoms with Gasteiger partial charge in [0.05, 0.1) is 11.7 Å². The quantitative estimate of drug-likeness (QED) is 0.488. The highest BCUT2D eigenvalue weighted by Gasteiger charge is 2.63. The third kappa shape index (κ3) is 3.54. The molecule has 0 aliphatic heterocycles. The third-order valence-electron chi connectivity index (χ3n) is 11.5. The number of aliphatic hydroxyl groups excluding tert-OH is 1. The van der Waals surface area contributed by atoms with Gasteiger partial charge in [-0.25, -0.2) is 0 Å². The zero-order valence-electron chi connectivity index (χ0n) is 22.4. The van der Waals surface area contributed by atoms with E-state index in [4.69, 9.17) is 0 Å². The van der Waals surface area contributed by atoms with Crippen LogP contribution in [0, 0.1) is 39.4 Å². The highest BCUT2D eigenvalue weighted by Crippen LogP contribution is 2.71. The Bertz CT molecular complexity index is 873. The number of aliphatic hydroxyl groups is 2. The summed E-state index contributed by atoms with van der Waals surface area (Å²) in [5.41, 5.74) is 2.36. The number of rotatable bonds is 5.